The maximum Gasteiger partial charge on any atom is 0.416 e. The number of piperidine rings is 1. The minimum atomic E-state index is -1.50. The minimum absolute atomic E-state index is 0.0269. The van der Waals surface area contributed by atoms with Gasteiger partial charge in [-0.05, 0) is 97.5 Å². The van der Waals surface area contributed by atoms with Crippen molar-refractivity contribution in [1.29, 1.82) is 0 Å². The highest BCUT2D eigenvalue weighted by molar-refractivity contribution is 6.41. The number of aromatic nitrogens is 5. The number of carboxylic acids is 1. The van der Waals surface area contributed by atoms with E-state index in [1.807, 2.05) is 14.1 Å². The predicted molar refractivity (Wildman–Crippen MR) is 221 cm³/mol. The number of aromatic carboxylic acids is 1. The molecule has 4 N–H and O–H groups in total. The molecule has 2 fully saturated rings. The molecule has 7 rings (SSSR count). The molecular weight excluding hydrogens is 814 g/mol. The zero-order chi connectivity index (χ0) is 43.4. The number of likely N-dealkylation sites (tertiary alicyclic amines) is 1. The predicted octanol–water partition coefficient (Wildman–Crippen LogP) is 3.49. The smallest absolute Gasteiger partial charge is 0.416 e. The van der Waals surface area contributed by atoms with Gasteiger partial charge in [-0.25, -0.2) is 19.0 Å². The van der Waals surface area contributed by atoms with Crippen molar-refractivity contribution < 1.29 is 43.7 Å². The summed E-state index contributed by atoms with van der Waals surface area (Å²) in [5.74, 6) is -4.03. The summed E-state index contributed by atoms with van der Waals surface area (Å²) in [5.41, 5.74) is 1.56. The first-order chi connectivity index (χ1) is 29.3. The quantitative estimate of drug-likeness (QED) is 0.124. The number of nitrogens with zero attached hydrogens (tertiary/aromatic N) is 9. The fourth-order valence-electron chi connectivity index (χ4n) is 7.36. The molecule has 318 valence electrons. The number of ether oxygens (including phenoxy) is 1. The molecule has 21 heteroatoms. The van der Waals surface area contributed by atoms with Crippen LogP contribution < -0.4 is 15.5 Å². The van der Waals surface area contributed by atoms with Gasteiger partial charge in [-0.2, -0.15) is 4.68 Å². The third kappa shape index (κ3) is 9.45. The molecule has 1 atom stereocenters. The van der Waals surface area contributed by atoms with Crippen molar-refractivity contribution in [3.8, 4) is 5.69 Å². The summed E-state index contributed by atoms with van der Waals surface area (Å²) in [7, 11) is 3.97. The minimum Gasteiger partial charge on any atom is -0.477 e. The molecule has 3 aromatic carbocycles. The number of nitrogens with one attached hydrogen (secondary N) is 2. The molecule has 5 amide bonds. The van der Waals surface area contributed by atoms with Crippen LogP contribution in [0.25, 0.3) is 16.6 Å². The van der Waals surface area contributed by atoms with Crippen molar-refractivity contribution in [1.82, 2.24) is 39.5 Å². The number of carbonyl (C=O) groups excluding carboxylic acids is 4. The van der Waals surface area contributed by atoms with Crippen LogP contribution in [0.1, 0.15) is 28.9 Å². The highest BCUT2D eigenvalue weighted by Gasteiger charge is 2.41. The van der Waals surface area contributed by atoms with E-state index in [0.29, 0.717) is 46.2 Å². The van der Waals surface area contributed by atoms with Crippen LogP contribution in [0.5, 0.6) is 0 Å². The van der Waals surface area contributed by atoms with Crippen LogP contribution in [0.3, 0.4) is 0 Å². The second-order valence-electron chi connectivity index (χ2n) is 14.8. The van der Waals surface area contributed by atoms with Gasteiger partial charge in [0.2, 0.25) is 5.91 Å². The Balaban J connectivity index is 1.10. The number of rotatable bonds is 13. The molecule has 5 aromatic rings. The number of carboxylic acid groups (broad SMARTS) is 2. The van der Waals surface area contributed by atoms with Gasteiger partial charge in [-0.15, -0.1) is 5.10 Å². The molecular formula is C40H42ClN11O9. The van der Waals surface area contributed by atoms with Crippen molar-refractivity contribution in [2.75, 3.05) is 69.0 Å². The van der Waals surface area contributed by atoms with Crippen molar-refractivity contribution >= 4 is 75.4 Å². The van der Waals surface area contributed by atoms with Crippen LogP contribution in [-0.2, 0) is 25.5 Å². The Morgan fingerprint density at radius 1 is 0.885 bits per heavy atom. The Labute approximate surface area is 353 Å². The lowest BCUT2D eigenvalue weighted by Gasteiger charge is -2.38. The van der Waals surface area contributed by atoms with Crippen molar-refractivity contribution in [2.45, 2.75) is 31.4 Å². The van der Waals surface area contributed by atoms with Gasteiger partial charge in [0, 0.05) is 60.9 Å². The number of benzene rings is 3. The van der Waals surface area contributed by atoms with Gasteiger partial charge in [-0.3, -0.25) is 14.4 Å². The number of hydrogen-bond donors (Lipinski definition) is 4. The molecule has 0 spiro atoms. The summed E-state index contributed by atoms with van der Waals surface area (Å²) in [6.45, 7) is 2.44. The second-order valence-corrected chi connectivity index (χ2v) is 15.2. The number of amides is 5. The standard InChI is InChI=1S/C40H42ClN11O9/c1-47(2)17-18-61-29-11-13-48(14-12-29)39(58)44-27-6-3-24(4-7-27)19-33(35(53)43-28-8-10-30-25(20-28)21-34(38(56)57)52(30)40(59)60)50-16-15-49(36(54)37(50)55)32-22-26(41)5-9-31(32)51-23-42-45-46-51/h3-10,20-23,29,33H,11-19H2,1-2H3,(H,43,53)(H,44,58)(H,56,57)(H,59,60)/t33-/m0/s1. The Morgan fingerprint density at radius 3 is 2.30 bits per heavy atom. The van der Waals surface area contributed by atoms with Crippen molar-refractivity contribution in [2.24, 2.45) is 0 Å². The number of urea groups is 1. The maximum atomic E-state index is 14.3. The third-order valence-corrected chi connectivity index (χ3v) is 10.7. The van der Waals surface area contributed by atoms with Gasteiger partial charge in [0.1, 0.15) is 18.1 Å². The van der Waals surface area contributed by atoms with Crippen LogP contribution in [0.15, 0.2) is 73.1 Å². The number of anilines is 3. The first-order valence-electron chi connectivity index (χ1n) is 19.3. The van der Waals surface area contributed by atoms with E-state index in [0.717, 1.165) is 19.4 Å². The molecule has 0 bridgehead atoms. The summed E-state index contributed by atoms with van der Waals surface area (Å²) in [6.07, 6.45) is 1.33. The highest BCUT2D eigenvalue weighted by Crippen LogP contribution is 2.31. The van der Waals surface area contributed by atoms with Crippen molar-refractivity contribution in [3.63, 3.8) is 0 Å². The lowest BCUT2D eigenvalue weighted by Crippen LogP contribution is -2.60. The van der Waals surface area contributed by atoms with E-state index in [1.165, 1.54) is 51.1 Å². The highest BCUT2D eigenvalue weighted by atomic mass is 35.5. The Morgan fingerprint density at radius 2 is 1.62 bits per heavy atom. The second kappa shape index (κ2) is 18.2. The van der Waals surface area contributed by atoms with E-state index in [2.05, 4.69) is 31.1 Å². The lowest BCUT2D eigenvalue weighted by molar-refractivity contribution is -0.149. The first kappa shape index (κ1) is 42.2. The number of hydrogen-bond acceptors (Lipinski definition) is 11. The van der Waals surface area contributed by atoms with Gasteiger partial charge < -0.3 is 45.2 Å². The van der Waals surface area contributed by atoms with E-state index in [-0.39, 0.29) is 53.9 Å². The lowest BCUT2D eigenvalue weighted by atomic mass is 10.0. The Kier molecular flexibility index (Phi) is 12.6. The van der Waals surface area contributed by atoms with E-state index < -0.39 is 41.5 Å². The van der Waals surface area contributed by atoms with Gasteiger partial charge in [0.25, 0.3) is 0 Å². The monoisotopic (exact) mass is 855 g/mol. The summed E-state index contributed by atoms with van der Waals surface area (Å²) >= 11 is 6.32. The van der Waals surface area contributed by atoms with E-state index >= 15 is 0 Å². The average Bonchev–Trinajstić information content (AvgIpc) is 3.91. The third-order valence-electron chi connectivity index (χ3n) is 10.5. The van der Waals surface area contributed by atoms with Crippen LogP contribution in [0, 0.1) is 0 Å². The van der Waals surface area contributed by atoms with E-state index in [9.17, 15) is 39.0 Å². The zero-order valence-electron chi connectivity index (χ0n) is 33.1. The zero-order valence-corrected chi connectivity index (χ0v) is 33.9. The number of carbonyl (C=O) groups is 6. The van der Waals surface area contributed by atoms with E-state index in [4.69, 9.17) is 16.3 Å². The Hall–Kier alpha value is -6.90. The molecule has 61 heavy (non-hydrogen) atoms. The average molecular weight is 856 g/mol. The molecule has 0 radical (unpaired) electrons. The summed E-state index contributed by atoms with van der Waals surface area (Å²) in [5, 5.41) is 36.7. The molecule has 0 aliphatic carbocycles. The normalized spacial score (nSPS) is 15.4. The molecule has 2 saturated heterocycles. The van der Waals surface area contributed by atoms with Crippen LogP contribution in [0.2, 0.25) is 5.02 Å². The molecule has 20 nitrogen and oxygen atoms in total. The van der Waals surface area contributed by atoms with Gasteiger partial charge in [-0.1, -0.05) is 23.7 Å². The largest absolute Gasteiger partial charge is 0.477 e. The summed E-state index contributed by atoms with van der Waals surface area (Å²) in [6, 6.07) is 15.3. The molecule has 2 aromatic heterocycles. The number of tetrazole rings is 1. The molecule has 0 saturated carbocycles. The molecule has 2 aliphatic heterocycles. The van der Waals surface area contributed by atoms with E-state index in [1.54, 1.807) is 41.3 Å². The molecule has 4 heterocycles. The van der Waals surface area contributed by atoms with Crippen LogP contribution in [-0.4, -0.2) is 151 Å². The number of piperazine rings is 1. The van der Waals surface area contributed by atoms with Crippen LogP contribution in [0.4, 0.5) is 26.7 Å². The maximum absolute atomic E-state index is 14.3. The van der Waals surface area contributed by atoms with Crippen molar-refractivity contribution in [3.05, 3.63) is 89.3 Å². The SMILES string of the molecule is CN(C)CCOC1CCN(C(=O)Nc2ccc(C[C@@H](C(=O)Nc3ccc4c(c3)cc(C(=O)O)n4C(=O)O)N3CCN(c4cc(Cl)ccc4-n4cnnn4)C(=O)C3=O)cc2)CC1. The van der Waals surface area contributed by atoms with Gasteiger partial charge in [0.05, 0.1) is 29.6 Å². The Bertz CT molecular complexity index is 2470. The fourth-order valence-corrected chi connectivity index (χ4v) is 7.52. The first-order valence-corrected chi connectivity index (χ1v) is 19.6. The van der Waals surface area contributed by atoms with Crippen LogP contribution >= 0.6 is 11.6 Å². The topological polar surface area (TPSA) is 238 Å². The summed E-state index contributed by atoms with van der Waals surface area (Å²) < 4.78 is 7.90. The number of fused-ring (bicyclic) bond motifs is 1. The number of likely N-dealkylation sites (N-methyl/N-ethyl adjacent to an activating group) is 1. The fraction of sp³-hybridized carbons (Fsp3) is 0.325. The number of halogens is 1. The molecule has 0 unspecified atom stereocenters. The van der Waals surface area contributed by atoms with Gasteiger partial charge in [0.15, 0.2) is 0 Å². The van der Waals surface area contributed by atoms with Gasteiger partial charge >= 0.3 is 29.9 Å². The summed E-state index contributed by atoms with van der Waals surface area (Å²) in [4.78, 5) is 85.2. The molecule has 2 aliphatic rings.